The van der Waals surface area contributed by atoms with Crippen LogP contribution in [0.3, 0.4) is 0 Å². The molecule has 7 heteroatoms. The molecule has 0 aliphatic carbocycles. The van der Waals surface area contributed by atoms with Gasteiger partial charge in [0, 0.05) is 36.8 Å². The number of hydrogen-bond donors (Lipinski definition) is 0. The average molecular weight is 415 g/mol. The Hall–Kier alpha value is -1.93. The Morgan fingerprint density at radius 1 is 0.964 bits per heavy atom. The number of carbonyl (C=O) groups is 2. The van der Waals surface area contributed by atoms with E-state index in [1.165, 1.54) is 28.0 Å². The summed E-state index contributed by atoms with van der Waals surface area (Å²) >= 11 is 2.96. The Morgan fingerprint density at radius 2 is 1.75 bits per heavy atom. The molecule has 3 heterocycles. The van der Waals surface area contributed by atoms with Crippen LogP contribution in [0.25, 0.3) is 5.57 Å². The van der Waals surface area contributed by atoms with Gasteiger partial charge in [-0.1, -0.05) is 36.4 Å². The predicted molar refractivity (Wildman–Crippen MR) is 113 cm³/mol. The molecule has 0 unspecified atom stereocenters. The Morgan fingerprint density at radius 3 is 2.46 bits per heavy atom. The molecule has 2 aliphatic heterocycles. The number of ether oxygens (including phenoxy) is 1. The number of carbonyl (C=O) groups excluding carboxylic acids is 2. The maximum atomic E-state index is 13.1. The minimum Gasteiger partial charge on any atom is -0.379 e. The summed E-state index contributed by atoms with van der Waals surface area (Å²) < 4.78 is 5.37. The van der Waals surface area contributed by atoms with Crippen LogP contribution in [0.1, 0.15) is 10.4 Å². The highest BCUT2D eigenvalue weighted by atomic mass is 32.2. The number of rotatable bonds is 7. The van der Waals surface area contributed by atoms with Gasteiger partial charge in [0.15, 0.2) is 0 Å². The van der Waals surface area contributed by atoms with E-state index in [2.05, 4.69) is 4.90 Å². The monoisotopic (exact) mass is 414 g/mol. The van der Waals surface area contributed by atoms with E-state index in [0.29, 0.717) is 42.5 Å². The van der Waals surface area contributed by atoms with Crippen molar-refractivity contribution < 1.29 is 14.3 Å². The molecule has 0 N–H and O–H groups in total. The van der Waals surface area contributed by atoms with Crippen molar-refractivity contribution in [1.29, 1.82) is 0 Å². The maximum Gasteiger partial charge on any atom is 0.268 e. The molecule has 28 heavy (non-hydrogen) atoms. The van der Waals surface area contributed by atoms with Crippen LogP contribution in [0.2, 0.25) is 0 Å². The standard InChI is InChI=1S/C21H22N2O3S2/c24-20-18(17-7-4-14-27-17)19(28-15-16-5-2-1-3-6-16)21(25)23(20)9-8-22-10-12-26-13-11-22/h1-7,14H,8-13,15H2. The van der Waals surface area contributed by atoms with Crippen LogP contribution in [0.15, 0.2) is 52.7 Å². The van der Waals surface area contributed by atoms with Gasteiger partial charge in [0.25, 0.3) is 11.8 Å². The highest BCUT2D eigenvalue weighted by Crippen LogP contribution is 2.38. The lowest BCUT2D eigenvalue weighted by atomic mass is 10.2. The van der Waals surface area contributed by atoms with Crippen molar-refractivity contribution in [3.8, 4) is 0 Å². The zero-order chi connectivity index (χ0) is 19.3. The largest absolute Gasteiger partial charge is 0.379 e. The molecule has 2 amide bonds. The van der Waals surface area contributed by atoms with Crippen molar-refractivity contribution in [3.63, 3.8) is 0 Å². The van der Waals surface area contributed by atoms with E-state index in [1.54, 1.807) is 0 Å². The molecule has 0 bridgehead atoms. The van der Waals surface area contributed by atoms with Crippen molar-refractivity contribution in [2.45, 2.75) is 5.75 Å². The fourth-order valence-corrected chi connectivity index (χ4v) is 5.24. The number of imide groups is 1. The fraction of sp³-hybridized carbons (Fsp3) is 0.333. The van der Waals surface area contributed by atoms with Crippen LogP contribution in [-0.2, 0) is 20.1 Å². The number of thiophene rings is 1. The molecule has 0 spiro atoms. The zero-order valence-corrected chi connectivity index (χ0v) is 17.1. The van der Waals surface area contributed by atoms with Gasteiger partial charge >= 0.3 is 0 Å². The molecule has 4 rings (SSSR count). The Labute approximate surface area is 173 Å². The van der Waals surface area contributed by atoms with E-state index in [0.717, 1.165) is 23.5 Å². The first kappa shape index (κ1) is 19.4. The minimum absolute atomic E-state index is 0.164. The smallest absolute Gasteiger partial charge is 0.268 e. The fourth-order valence-electron chi connectivity index (χ4n) is 3.32. The minimum atomic E-state index is -0.170. The molecule has 0 radical (unpaired) electrons. The molecule has 1 aromatic heterocycles. The third-order valence-corrected chi connectivity index (χ3v) is 6.90. The normalized spacial score (nSPS) is 18.4. The van der Waals surface area contributed by atoms with E-state index < -0.39 is 0 Å². The van der Waals surface area contributed by atoms with Crippen molar-refractivity contribution in [3.05, 3.63) is 63.2 Å². The lowest BCUT2D eigenvalue weighted by molar-refractivity contribution is -0.136. The molecule has 0 saturated carbocycles. The second-order valence-electron chi connectivity index (χ2n) is 6.67. The lowest BCUT2D eigenvalue weighted by Crippen LogP contribution is -2.43. The van der Waals surface area contributed by atoms with Gasteiger partial charge in [-0.05, 0) is 17.0 Å². The molecule has 2 aliphatic rings. The van der Waals surface area contributed by atoms with Gasteiger partial charge in [-0.15, -0.1) is 23.1 Å². The predicted octanol–water partition coefficient (Wildman–Crippen LogP) is 3.09. The summed E-state index contributed by atoms with van der Waals surface area (Å²) in [5.74, 6) is 0.334. The summed E-state index contributed by atoms with van der Waals surface area (Å²) in [6.07, 6.45) is 0. The molecule has 0 atom stereocenters. The summed E-state index contributed by atoms with van der Waals surface area (Å²) in [4.78, 5) is 31.3. The summed E-state index contributed by atoms with van der Waals surface area (Å²) in [6.45, 7) is 4.21. The van der Waals surface area contributed by atoms with Crippen LogP contribution < -0.4 is 0 Å². The molecule has 1 saturated heterocycles. The van der Waals surface area contributed by atoms with Gasteiger partial charge in [-0.2, -0.15) is 0 Å². The first-order valence-corrected chi connectivity index (χ1v) is 11.2. The SMILES string of the molecule is O=C1C(SCc2ccccc2)=C(c2cccs2)C(=O)N1CCN1CCOCC1. The highest BCUT2D eigenvalue weighted by Gasteiger charge is 2.39. The summed E-state index contributed by atoms with van der Waals surface area (Å²) in [7, 11) is 0. The summed E-state index contributed by atoms with van der Waals surface area (Å²) in [5.41, 5.74) is 1.69. The van der Waals surface area contributed by atoms with Crippen LogP contribution in [-0.4, -0.2) is 61.0 Å². The Kier molecular flexibility index (Phi) is 6.26. The number of nitrogens with zero attached hydrogens (tertiary/aromatic N) is 2. The molecule has 5 nitrogen and oxygen atoms in total. The summed E-state index contributed by atoms with van der Waals surface area (Å²) in [5, 5.41) is 1.94. The molecule has 1 aromatic carbocycles. The average Bonchev–Trinajstić information content (AvgIpc) is 3.33. The Bertz CT molecular complexity index is 859. The number of thioether (sulfide) groups is 1. The van der Waals surface area contributed by atoms with Crippen molar-refractivity contribution in [2.24, 2.45) is 0 Å². The van der Waals surface area contributed by atoms with Gasteiger partial charge in [-0.25, -0.2) is 0 Å². The molecule has 146 valence electrons. The Balaban J connectivity index is 1.51. The lowest BCUT2D eigenvalue weighted by Gasteiger charge is -2.28. The van der Waals surface area contributed by atoms with Crippen LogP contribution in [0.5, 0.6) is 0 Å². The first-order valence-electron chi connectivity index (χ1n) is 9.35. The second-order valence-corrected chi connectivity index (χ2v) is 8.60. The molecule has 2 aromatic rings. The molecular weight excluding hydrogens is 392 g/mol. The van der Waals surface area contributed by atoms with Crippen LogP contribution in [0, 0.1) is 0 Å². The van der Waals surface area contributed by atoms with E-state index in [9.17, 15) is 9.59 Å². The van der Waals surface area contributed by atoms with Gasteiger partial charge in [0.1, 0.15) is 0 Å². The van der Waals surface area contributed by atoms with Gasteiger partial charge in [0.2, 0.25) is 0 Å². The topological polar surface area (TPSA) is 49.9 Å². The quantitative estimate of drug-likeness (QED) is 0.652. The second kappa shape index (κ2) is 9.05. The zero-order valence-electron chi connectivity index (χ0n) is 15.5. The van der Waals surface area contributed by atoms with Crippen molar-refractivity contribution in [2.75, 3.05) is 39.4 Å². The van der Waals surface area contributed by atoms with Crippen molar-refractivity contribution in [1.82, 2.24) is 9.80 Å². The maximum absolute atomic E-state index is 13.1. The van der Waals surface area contributed by atoms with Crippen LogP contribution in [0.4, 0.5) is 0 Å². The van der Waals surface area contributed by atoms with Crippen LogP contribution >= 0.6 is 23.1 Å². The van der Waals surface area contributed by atoms with Gasteiger partial charge < -0.3 is 4.74 Å². The highest BCUT2D eigenvalue weighted by molar-refractivity contribution is 8.03. The number of morpholine rings is 1. The van der Waals surface area contributed by atoms with E-state index in [-0.39, 0.29) is 11.8 Å². The number of amides is 2. The third kappa shape index (κ3) is 4.22. The molecular formula is C21H22N2O3S2. The van der Waals surface area contributed by atoms with Crippen molar-refractivity contribution >= 4 is 40.5 Å². The summed E-state index contributed by atoms with van der Waals surface area (Å²) in [6, 6.07) is 13.9. The number of hydrogen-bond acceptors (Lipinski definition) is 6. The van der Waals surface area contributed by atoms with E-state index in [4.69, 9.17) is 4.74 Å². The number of benzene rings is 1. The first-order chi connectivity index (χ1) is 13.7. The third-order valence-electron chi connectivity index (χ3n) is 4.86. The molecule has 1 fully saturated rings. The van der Waals surface area contributed by atoms with Gasteiger partial charge in [0.05, 0.1) is 23.7 Å². The van der Waals surface area contributed by atoms with Gasteiger partial charge in [-0.3, -0.25) is 19.4 Å². The van der Waals surface area contributed by atoms with E-state index in [1.807, 2.05) is 47.8 Å². The van der Waals surface area contributed by atoms with E-state index >= 15 is 0 Å².